The standard InChI is InChI=1S/C28H41F4OSi/c1-2-3-6-17-34-18-15-24(16-19-34)23-12-9-21(10-13-23)7-4-5-8-22-11-14-26(25(29)20-22)33-28(32)27(30)31/h11,14,20-21,23-24H,2-10,12-13,15-19H2,1H3. The molecule has 3 rings (SSSR count). The summed E-state index contributed by atoms with van der Waals surface area (Å²) in [4.78, 5) is 0. The molecule has 0 spiro atoms. The number of rotatable bonds is 12. The first-order chi connectivity index (χ1) is 16.5. The van der Waals surface area contributed by atoms with Crippen LogP contribution in [0.3, 0.4) is 0 Å². The highest BCUT2D eigenvalue weighted by atomic mass is 28.3. The van der Waals surface area contributed by atoms with Gasteiger partial charge in [-0.1, -0.05) is 88.9 Å². The molecule has 0 amide bonds. The van der Waals surface area contributed by atoms with Crippen LogP contribution in [-0.2, 0) is 6.42 Å². The Morgan fingerprint density at radius 1 is 0.912 bits per heavy atom. The molecule has 1 aliphatic carbocycles. The van der Waals surface area contributed by atoms with E-state index in [0.717, 1.165) is 42.6 Å². The number of halogens is 4. The summed E-state index contributed by atoms with van der Waals surface area (Å²) in [5.41, 5.74) is 0.784. The van der Waals surface area contributed by atoms with Crippen LogP contribution < -0.4 is 4.74 Å². The zero-order valence-corrected chi connectivity index (χ0v) is 21.7. The molecule has 1 heterocycles. The molecule has 0 bridgehead atoms. The van der Waals surface area contributed by atoms with Gasteiger partial charge in [-0.05, 0) is 61.1 Å². The Hall–Kier alpha value is -1.30. The maximum absolute atomic E-state index is 14.0. The summed E-state index contributed by atoms with van der Waals surface area (Å²) >= 11 is 0. The Labute approximate surface area is 205 Å². The van der Waals surface area contributed by atoms with E-state index in [2.05, 4.69) is 11.7 Å². The van der Waals surface area contributed by atoms with Crippen molar-refractivity contribution in [3.05, 3.63) is 41.7 Å². The van der Waals surface area contributed by atoms with Crippen molar-refractivity contribution >= 4 is 8.80 Å². The van der Waals surface area contributed by atoms with Crippen molar-refractivity contribution in [1.82, 2.24) is 0 Å². The third-order valence-corrected chi connectivity index (χ3v) is 11.2. The van der Waals surface area contributed by atoms with Crippen LogP contribution in [-0.4, -0.2) is 8.80 Å². The van der Waals surface area contributed by atoms with Crippen molar-refractivity contribution in [2.45, 2.75) is 109 Å². The predicted molar refractivity (Wildman–Crippen MR) is 133 cm³/mol. The van der Waals surface area contributed by atoms with Gasteiger partial charge in [-0.3, -0.25) is 0 Å². The van der Waals surface area contributed by atoms with Crippen molar-refractivity contribution in [1.29, 1.82) is 0 Å². The third kappa shape index (κ3) is 8.73. The fourth-order valence-corrected chi connectivity index (χ4v) is 9.08. The molecule has 1 aromatic rings. The Balaban J connectivity index is 1.29. The molecule has 0 N–H and O–H groups in total. The van der Waals surface area contributed by atoms with Crippen LogP contribution in [0.2, 0.25) is 18.1 Å². The van der Waals surface area contributed by atoms with Crippen LogP contribution >= 0.6 is 0 Å². The summed E-state index contributed by atoms with van der Waals surface area (Å²) in [7, 11) is -0.0318. The maximum atomic E-state index is 14.0. The predicted octanol–water partition coefficient (Wildman–Crippen LogP) is 9.85. The molecule has 6 heteroatoms. The second-order valence-corrected chi connectivity index (χ2v) is 13.5. The molecule has 2 fully saturated rings. The molecule has 1 nitrogen and oxygen atoms in total. The van der Waals surface area contributed by atoms with E-state index in [1.165, 1.54) is 76.3 Å². The van der Waals surface area contributed by atoms with Crippen LogP contribution in [0.25, 0.3) is 0 Å². The molecule has 0 unspecified atom stereocenters. The molecule has 1 aliphatic heterocycles. The second kappa shape index (κ2) is 14.3. The van der Waals surface area contributed by atoms with Crippen LogP contribution in [0.1, 0.15) is 89.5 Å². The fraction of sp³-hybridized carbons (Fsp3) is 0.714. The highest BCUT2D eigenvalue weighted by Crippen LogP contribution is 2.42. The lowest BCUT2D eigenvalue weighted by molar-refractivity contribution is 0.184. The molecule has 2 aliphatic rings. The summed E-state index contributed by atoms with van der Waals surface area (Å²) in [6.45, 7) is 2.30. The fourth-order valence-electron chi connectivity index (χ4n) is 6.02. The molecule has 191 valence electrons. The van der Waals surface area contributed by atoms with E-state index in [4.69, 9.17) is 0 Å². The number of aryl methyl sites for hydroxylation is 1. The van der Waals surface area contributed by atoms with Crippen molar-refractivity contribution < 1.29 is 22.3 Å². The Morgan fingerprint density at radius 2 is 1.62 bits per heavy atom. The smallest absolute Gasteiger partial charge is 0.344 e. The maximum Gasteiger partial charge on any atom is 0.344 e. The molecular formula is C28H41F4OSi. The monoisotopic (exact) mass is 497 g/mol. The van der Waals surface area contributed by atoms with Gasteiger partial charge in [-0.25, -0.2) is 4.39 Å². The minimum absolute atomic E-state index is 0.0318. The largest absolute Gasteiger partial charge is 0.425 e. The topological polar surface area (TPSA) is 9.23 Å². The highest BCUT2D eigenvalue weighted by Gasteiger charge is 2.31. The quantitative estimate of drug-likeness (QED) is 0.121. The summed E-state index contributed by atoms with van der Waals surface area (Å²) in [5.74, 6) is 1.45. The molecule has 0 aromatic heterocycles. The van der Waals surface area contributed by atoms with Gasteiger partial charge in [0.25, 0.3) is 0 Å². The number of ether oxygens (including phenoxy) is 1. The van der Waals surface area contributed by atoms with E-state index in [-0.39, 0.29) is 8.80 Å². The Morgan fingerprint density at radius 3 is 2.26 bits per heavy atom. The first-order valence-electron chi connectivity index (χ1n) is 13.5. The Kier molecular flexibility index (Phi) is 11.5. The van der Waals surface area contributed by atoms with E-state index in [1.807, 2.05) is 0 Å². The highest BCUT2D eigenvalue weighted by molar-refractivity contribution is 6.58. The van der Waals surface area contributed by atoms with Gasteiger partial charge in [-0.2, -0.15) is 13.2 Å². The average molecular weight is 498 g/mol. The van der Waals surface area contributed by atoms with E-state index in [1.54, 1.807) is 24.2 Å². The van der Waals surface area contributed by atoms with Gasteiger partial charge in [0.15, 0.2) is 11.6 Å². The van der Waals surface area contributed by atoms with Crippen LogP contribution in [0, 0.1) is 23.6 Å². The number of hydrogen-bond donors (Lipinski definition) is 0. The summed E-state index contributed by atoms with van der Waals surface area (Å²) in [6, 6.07) is 6.71. The molecule has 1 radical (unpaired) electrons. The first-order valence-corrected chi connectivity index (χ1v) is 15.6. The average Bonchev–Trinajstić information content (AvgIpc) is 2.84. The zero-order valence-electron chi connectivity index (χ0n) is 20.7. The zero-order chi connectivity index (χ0) is 24.3. The lowest BCUT2D eigenvalue weighted by Gasteiger charge is -2.37. The first kappa shape index (κ1) is 27.3. The van der Waals surface area contributed by atoms with Gasteiger partial charge in [0.2, 0.25) is 0 Å². The SMILES string of the molecule is CCCCC[Si]1CCC(C2CCC(CCCCc3ccc(OC(F)=C(F)F)c(F)c3)CC2)CC1. The van der Waals surface area contributed by atoms with E-state index in [0.29, 0.717) is 0 Å². The van der Waals surface area contributed by atoms with Gasteiger partial charge < -0.3 is 4.74 Å². The minimum Gasteiger partial charge on any atom is -0.425 e. The Bertz CT molecular complexity index is 764. The summed E-state index contributed by atoms with van der Waals surface area (Å²) < 4.78 is 55.3. The number of unbranched alkanes of at least 4 members (excludes halogenated alkanes) is 3. The van der Waals surface area contributed by atoms with Gasteiger partial charge in [0, 0.05) is 8.80 Å². The van der Waals surface area contributed by atoms with Gasteiger partial charge in [0.1, 0.15) is 0 Å². The van der Waals surface area contributed by atoms with Crippen LogP contribution in [0.5, 0.6) is 5.75 Å². The lowest BCUT2D eigenvalue weighted by Crippen LogP contribution is -2.28. The number of benzene rings is 1. The third-order valence-electron chi connectivity index (χ3n) is 8.10. The van der Waals surface area contributed by atoms with Crippen molar-refractivity contribution in [3.8, 4) is 5.75 Å². The van der Waals surface area contributed by atoms with Crippen LogP contribution in [0.15, 0.2) is 30.3 Å². The molecule has 1 aromatic carbocycles. The number of hydrogen-bond acceptors (Lipinski definition) is 1. The van der Waals surface area contributed by atoms with E-state index >= 15 is 0 Å². The molecular weight excluding hydrogens is 456 g/mol. The van der Waals surface area contributed by atoms with Crippen molar-refractivity contribution in [2.24, 2.45) is 17.8 Å². The molecule has 34 heavy (non-hydrogen) atoms. The second-order valence-electron chi connectivity index (χ2n) is 10.5. The van der Waals surface area contributed by atoms with Gasteiger partial charge in [-0.15, -0.1) is 0 Å². The lowest BCUT2D eigenvalue weighted by atomic mass is 9.73. The van der Waals surface area contributed by atoms with Crippen molar-refractivity contribution in [2.75, 3.05) is 0 Å². The molecule has 0 atom stereocenters. The normalized spacial score (nSPS) is 22.0. The van der Waals surface area contributed by atoms with E-state index in [9.17, 15) is 17.6 Å². The van der Waals surface area contributed by atoms with Gasteiger partial charge in [0.05, 0.1) is 0 Å². The molecule has 1 saturated heterocycles. The van der Waals surface area contributed by atoms with E-state index < -0.39 is 23.7 Å². The molecule has 1 saturated carbocycles. The van der Waals surface area contributed by atoms with Crippen molar-refractivity contribution in [3.63, 3.8) is 0 Å². The summed E-state index contributed by atoms with van der Waals surface area (Å²) in [5, 5.41) is 0. The summed E-state index contributed by atoms with van der Waals surface area (Å²) in [6.07, 6.45) is 14.2. The van der Waals surface area contributed by atoms with Gasteiger partial charge >= 0.3 is 12.1 Å². The van der Waals surface area contributed by atoms with Crippen LogP contribution in [0.4, 0.5) is 17.6 Å². The minimum atomic E-state index is -2.59.